The number of rotatable bonds is 5. The van der Waals surface area contributed by atoms with Crippen molar-refractivity contribution >= 4 is 15.9 Å². The first kappa shape index (κ1) is 17.0. The van der Waals surface area contributed by atoms with Crippen LogP contribution < -0.4 is 4.72 Å². The highest BCUT2D eigenvalue weighted by Crippen LogP contribution is 2.14. The highest BCUT2D eigenvalue weighted by molar-refractivity contribution is 7.89. The molecule has 0 unspecified atom stereocenters. The molecule has 0 saturated carbocycles. The van der Waals surface area contributed by atoms with Gasteiger partial charge in [0.2, 0.25) is 10.0 Å². The summed E-state index contributed by atoms with van der Waals surface area (Å²) in [6.45, 7) is 3.52. The Morgan fingerprint density at radius 2 is 1.68 bits per heavy atom. The van der Waals surface area contributed by atoms with Crippen molar-refractivity contribution in [1.29, 1.82) is 0 Å². The van der Waals surface area contributed by atoms with Gasteiger partial charge < -0.3 is 4.90 Å². The van der Waals surface area contributed by atoms with Gasteiger partial charge in [-0.25, -0.2) is 13.1 Å². The van der Waals surface area contributed by atoms with Crippen LogP contribution in [0.25, 0.3) is 0 Å². The lowest BCUT2D eigenvalue weighted by Crippen LogP contribution is -2.31. The molecular weight excluding hydrogens is 300 g/mol. The van der Waals surface area contributed by atoms with E-state index in [1.54, 1.807) is 19.1 Å². The van der Waals surface area contributed by atoms with E-state index >= 15 is 0 Å². The summed E-state index contributed by atoms with van der Waals surface area (Å²) in [6.07, 6.45) is 4.53. The van der Waals surface area contributed by atoms with Gasteiger partial charge in [-0.3, -0.25) is 4.79 Å². The predicted octanol–water partition coefficient (Wildman–Crippen LogP) is 2.14. The van der Waals surface area contributed by atoms with E-state index in [2.05, 4.69) is 4.72 Å². The number of sulfonamides is 1. The summed E-state index contributed by atoms with van der Waals surface area (Å²) in [4.78, 5) is 14.4. The molecule has 0 radical (unpaired) electrons. The van der Waals surface area contributed by atoms with Gasteiger partial charge in [-0.1, -0.05) is 25.0 Å². The van der Waals surface area contributed by atoms with Gasteiger partial charge in [-0.05, 0) is 37.5 Å². The SMILES string of the molecule is CCS(=O)(=O)NCc1ccc(C(=O)N2CCCCCC2)cc1. The fourth-order valence-electron chi connectivity index (χ4n) is 2.52. The summed E-state index contributed by atoms with van der Waals surface area (Å²) in [5.74, 6) is 0.140. The van der Waals surface area contributed by atoms with E-state index in [0.29, 0.717) is 5.56 Å². The molecule has 22 heavy (non-hydrogen) atoms. The molecule has 0 atom stereocenters. The van der Waals surface area contributed by atoms with Crippen molar-refractivity contribution in [3.8, 4) is 0 Å². The molecule has 0 spiro atoms. The van der Waals surface area contributed by atoms with Crippen molar-refractivity contribution in [2.45, 2.75) is 39.2 Å². The van der Waals surface area contributed by atoms with Gasteiger partial charge in [0.1, 0.15) is 0 Å². The van der Waals surface area contributed by atoms with Crippen molar-refractivity contribution in [3.05, 3.63) is 35.4 Å². The largest absolute Gasteiger partial charge is 0.339 e. The molecule has 1 aromatic carbocycles. The van der Waals surface area contributed by atoms with Crippen LogP contribution in [0, 0.1) is 0 Å². The van der Waals surface area contributed by atoms with E-state index in [-0.39, 0.29) is 18.2 Å². The molecule has 5 nitrogen and oxygen atoms in total. The van der Waals surface area contributed by atoms with Crippen LogP contribution >= 0.6 is 0 Å². The van der Waals surface area contributed by atoms with Crippen molar-refractivity contribution in [2.24, 2.45) is 0 Å². The topological polar surface area (TPSA) is 66.5 Å². The average Bonchev–Trinajstić information content (AvgIpc) is 2.82. The molecule has 122 valence electrons. The van der Waals surface area contributed by atoms with Crippen molar-refractivity contribution in [1.82, 2.24) is 9.62 Å². The van der Waals surface area contributed by atoms with Gasteiger partial charge in [0.15, 0.2) is 0 Å². The fraction of sp³-hybridized carbons (Fsp3) is 0.562. The van der Waals surface area contributed by atoms with Gasteiger partial charge in [-0.2, -0.15) is 0 Å². The molecule has 1 N–H and O–H groups in total. The number of hydrogen-bond acceptors (Lipinski definition) is 3. The Morgan fingerprint density at radius 1 is 1.09 bits per heavy atom. The number of benzene rings is 1. The van der Waals surface area contributed by atoms with Crippen LogP contribution in [0.3, 0.4) is 0 Å². The maximum absolute atomic E-state index is 12.4. The van der Waals surface area contributed by atoms with E-state index in [9.17, 15) is 13.2 Å². The summed E-state index contributed by atoms with van der Waals surface area (Å²) in [5, 5.41) is 0. The van der Waals surface area contributed by atoms with E-state index in [4.69, 9.17) is 0 Å². The lowest BCUT2D eigenvalue weighted by molar-refractivity contribution is 0.0761. The lowest BCUT2D eigenvalue weighted by atomic mass is 10.1. The van der Waals surface area contributed by atoms with E-state index in [1.165, 1.54) is 12.8 Å². The van der Waals surface area contributed by atoms with E-state index < -0.39 is 10.0 Å². The summed E-state index contributed by atoms with van der Waals surface area (Å²) in [6, 6.07) is 7.18. The molecule has 1 aliphatic rings. The third-order valence-electron chi connectivity index (χ3n) is 3.97. The van der Waals surface area contributed by atoms with E-state index in [1.807, 2.05) is 17.0 Å². The van der Waals surface area contributed by atoms with Gasteiger partial charge >= 0.3 is 0 Å². The summed E-state index contributed by atoms with van der Waals surface area (Å²) in [7, 11) is -3.19. The summed E-state index contributed by atoms with van der Waals surface area (Å²) < 4.78 is 25.4. The van der Waals surface area contributed by atoms with Crippen LogP contribution in [-0.2, 0) is 16.6 Å². The minimum Gasteiger partial charge on any atom is -0.339 e. The van der Waals surface area contributed by atoms with Gasteiger partial charge in [-0.15, -0.1) is 0 Å². The number of nitrogens with one attached hydrogen (secondary N) is 1. The van der Waals surface area contributed by atoms with Crippen molar-refractivity contribution in [3.63, 3.8) is 0 Å². The third kappa shape index (κ3) is 4.81. The van der Waals surface area contributed by atoms with Crippen LogP contribution in [0.4, 0.5) is 0 Å². The number of hydrogen-bond donors (Lipinski definition) is 1. The molecule has 1 saturated heterocycles. The maximum atomic E-state index is 12.4. The van der Waals surface area contributed by atoms with Crippen molar-refractivity contribution < 1.29 is 13.2 Å². The lowest BCUT2D eigenvalue weighted by Gasteiger charge is -2.20. The van der Waals surface area contributed by atoms with Gasteiger partial charge in [0.25, 0.3) is 5.91 Å². The van der Waals surface area contributed by atoms with Gasteiger partial charge in [0, 0.05) is 25.2 Å². The van der Waals surface area contributed by atoms with Crippen LogP contribution in [-0.4, -0.2) is 38.1 Å². The Bertz CT molecular complexity index is 588. The zero-order valence-electron chi connectivity index (χ0n) is 13.0. The smallest absolute Gasteiger partial charge is 0.253 e. The first-order valence-corrected chi connectivity index (χ1v) is 9.52. The van der Waals surface area contributed by atoms with Crippen LogP contribution in [0.15, 0.2) is 24.3 Å². The molecular formula is C16H24N2O3S. The molecule has 0 bridgehead atoms. The standard InChI is InChI=1S/C16H24N2O3S/c1-2-22(20,21)17-13-14-7-9-15(10-8-14)16(19)18-11-5-3-4-6-12-18/h7-10,17H,2-6,11-13H2,1H3. The zero-order valence-corrected chi connectivity index (χ0v) is 13.9. The Morgan fingerprint density at radius 3 is 2.23 bits per heavy atom. The Labute approximate surface area is 132 Å². The number of likely N-dealkylation sites (tertiary alicyclic amines) is 1. The second-order valence-electron chi connectivity index (χ2n) is 5.63. The highest BCUT2D eigenvalue weighted by Gasteiger charge is 2.17. The first-order valence-electron chi connectivity index (χ1n) is 7.87. The third-order valence-corrected chi connectivity index (χ3v) is 5.31. The molecule has 1 aliphatic heterocycles. The number of carbonyl (C=O) groups excluding carboxylic acids is 1. The molecule has 0 aromatic heterocycles. The number of carbonyl (C=O) groups is 1. The maximum Gasteiger partial charge on any atom is 0.253 e. The zero-order chi connectivity index (χ0) is 16.0. The highest BCUT2D eigenvalue weighted by atomic mass is 32.2. The van der Waals surface area contributed by atoms with Crippen molar-refractivity contribution in [2.75, 3.05) is 18.8 Å². The first-order chi connectivity index (χ1) is 10.5. The van der Waals surface area contributed by atoms with Gasteiger partial charge in [0.05, 0.1) is 5.75 Å². The molecule has 1 heterocycles. The Hall–Kier alpha value is -1.40. The molecule has 1 aromatic rings. The normalized spacial score (nSPS) is 16.3. The average molecular weight is 324 g/mol. The Balaban J connectivity index is 1.97. The van der Waals surface area contributed by atoms with Crippen LogP contribution in [0.1, 0.15) is 48.5 Å². The number of nitrogens with zero attached hydrogens (tertiary/aromatic N) is 1. The van der Waals surface area contributed by atoms with Crippen LogP contribution in [0.2, 0.25) is 0 Å². The van der Waals surface area contributed by atoms with E-state index in [0.717, 1.165) is 31.5 Å². The number of amides is 1. The molecule has 1 fully saturated rings. The second kappa shape index (κ2) is 7.74. The molecule has 0 aliphatic carbocycles. The quantitative estimate of drug-likeness (QED) is 0.902. The Kier molecular flexibility index (Phi) is 5.97. The molecule has 6 heteroatoms. The van der Waals surface area contributed by atoms with Crippen LogP contribution in [0.5, 0.6) is 0 Å². The predicted molar refractivity (Wildman–Crippen MR) is 87.1 cm³/mol. The molecule has 1 amide bonds. The summed E-state index contributed by atoms with van der Waals surface area (Å²) >= 11 is 0. The molecule has 2 rings (SSSR count). The minimum atomic E-state index is -3.19. The monoisotopic (exact) mass is 324 g/mol. The fourth-order valence-corrected chi connectivity index (χ4v) is 3.11. The summed E-state index contributed by atoms with van der Waals surface area (Å²) in [5.41, 5.74) is 1.52. The minimum absolute atomic E-state index is 0.0680. The second-order valence-corrected chi connectivity index (χ2v) is 7.72.